The Morgan fingerprint density at radius 3 is 2.83 bits per heavy atom. The fraction of sp³-hybridized carbons (Fsp3) is 0.304. The van der Waals surface area contributed by atoms with E-state index >= 15 is 0 Å². The van der Waals surface area contributed by atoms with Gasteiger partial charge in [0.1, 0.15) is 11.6 Å². The number of pyridine rings is 2. The molecule has 2 atom stereocenters. The molecule has 1 saturated carbocycles. The van der Waals surface area contributed by atoms with E-state index in [0.717, 1.165) is 23.4 Å². The van der Waals surface area contributed by atoms with Crippen molar-refractivity contribution in [2.75, 3.05) is 13.7 Å². The van der Waals surface area contributed by atoms with Gasteiger partial charge < -0.3 is 14.0 Å². The molecule has 1 aliphatic carbocycles. The van der Waals surface area contributed by atoms with E-state index < -0.39 is 0 Å². The molecule has 1 aliphatic rings. The Morgan fingerprint density at radius 2 is 2.13 bits per heavy atom. The summed E-state index contributed by atoms with van der Waals surface area (Å²) in [6.45, 7) is 6.50. The highest BCUT2D eigenvalue weighted by Crippen LogP contribution is 2.47. The lowest BCUT2D eigenvalue weighted by molar-refractivity contribution is 0.285. The molecule has 4 rings (SSSR count). The molecule has 0 amide bonds. The van der Waals surface area contributed by atoms with Crippen LogP contribution in [0.2, 0.25) is 0 Å². The number of aryl methyl sites for hydroxylation is 1. The van der Waals surface area contributed by atoms with Gasteiger partial charge in [0.25, 0.3) is 5.56 Å². The zero-order chi connectivity index (χ0) is 21.1. The summed E-state index contributed by atoms with van der Waals surface area (Å²) in [5.74, 6) is 2.64. The molecular weight excluding hydrogens is 380 g/mol. The van der Waals surface area contributed by atoms with Crippen molar-refractivity contribution >= 4 is 0 Å². The summed E-state index contributed by atoms with van der Waals surface area (Å²) in [6.07, 6.45) is 7.91. The maximum absolute atomic E-state index is 12.3. The van der Waals surface area contributed by atoms with Crippen molar-refractivity contribution < 1.29 is 9.47 Å². The van der Waals surface area contributed by atoms with E-state index in [1.54, 1.807) is 42.4 Å². The average Bonchev–Trinajstić information content (AvgIpc) is 3.54. The topological polar surface area (TPSA) is 79.1 Å². The Morgan fingerprint density at radius 1 is 1.27 bits per heavy atom. The smallest absolute Gasteiger partial charge is 0.251 e. The summed E-state index contributed by atoms with van der Waals surface area (Å²) < 4.78 is 12.8. The highest BCUT2D eigenvalue weighted by atomic mass is 16.5. The van der Waals surface area contributed by atoms with Crippen molar-refractivity contribution in [1.82, 2.24) is 19.5 Å². The van der Waals surface area contributed by atoms with Crippen molar-refractivity contribution in [2.24, 2.45) is 5.92 Å². The molecular formula is C23H24N4O3. The summed E-state index contributed by atoms with van der Waals surface area (Å²) in [5, 5.41) is 0. The first-order chi connectivity index (χ1) is 14.6. The lowest BCUT2D eigenvalue weighted by atomic mass is 10.1. The predicted molar refractivity (Wildman–Crippen MR) is 114 cm³/mol. The first-order valence-electron chi connectivity index (χ1n) is 9.87. The Hall–Kier alpha value is -3.48. The van der Waals surface area contributed by atoms with Crippen molar-refractivity contribution in [3.63, 3.8) is 0 Å². The third-order valence-electron chi connectivity index (χ3n) is 5.24. The van der Waals surface area contributed by atoms with Crippen molar-refractivity contribution in [3.05, 3.63) is 77.4 Å². The second-order valence-electron chi connectivity index (χ2n) is 7.37. The molecule has 7 heteroatoms. The molecule has 0 aromatic carbocycles. The van der Waals surface area contributed by atoms with Crippen LogP contribution in [-0.2, 0) is 6.54 Å². The van der Waals surface area contributed by atoms with E-state index in [2.05, 4.69) is 21.5 Å². The van der Waals surface area contributed by atoms with E-state index in [-0.39, 0.29) is 5.56 Å². The summed E-state index contributed by atoms with van der Waals surface area (Å²) >= 11 is 0. The van der Waals surface area contributed by atoms with Gasteiger partial charge >= 0.3 is 0 Å². The Balaban J connectivity index is 1.48. The second-order valence-corrected chi connectivity index (χ2v) is 7.37. The van der Waals surface area contributed by atoms with Crippen LogP contribution in [0.5, 0.6) is 11.6 Å². The third kappa shape index (κ3) is 4.25. The first-order valence-corrected chi connectivity index (χ1v) is 9.87. The zero-order valence-corrected chi connectivity index (χ0v) is 17.1. The first kappa shape index (κ1) is 19.8. The number of rotatable bonds is 8. The van der Waals surface area contributed by atoms with Crippen LogP contribution in [0, 0.1) is 12.8 Å². The number of hydrogen-bond acceptors (Lipinski definition) is 6. The van der Waals surface area contributed by atoms with E-state index in [4.69, 9.17) is 9.47 Å². The maximum atomic E-state index is 12.3. The van der Waals surface area contributed by atoms with Gasteiger partial charge in [0.2, 0.25) is 5.88 Å². The van der Waals surface area contributed by atoms with Crippen LogP contribution in [0.25, 0.3) is 11.1 Å². The van der Waals surface area contributed by atoms with E-state index in [1.165, 1.54) is 0 Å². The molecule has 7 nitrogen and oxygen atoms in total. The Bertz CT molecular complexity index is 1110. The van der Waals surface area contributed by atoms with Gasteiger partial charge in [0.05, 0.1) is 25.5 Å². The Kier molecular flexibility index (Phi) is 5.61. The summed E-state index contributed by atoms with van der Waals surface area (Å²) in [4.78, 5) is 25.6. The summed E-state index contributed by atoms with van der Waals surface area (Å²) in [7, 11) is 1.63. The van der Waals surface area contributed by atoms with Gasteiger partial charge in [-0.2, -0.15) is 4.98 Å². The minimum atomic E-state index is -0.105. The maximum Gasteiger partial charge on any atom is 0.251 e. The molecule has 0 N–H and O–H groups in total. The second kappa shape index (κ2) is 8.49. The van der Waals surface area contributed by atoms with E-state index in [9.17, 15) is 4.79 Å². The van der Waals surface area contributed by atoms with Crippen molar-refractivity contribution in [2.45, 2.75) is 25.8 Å². The van der Waals surface area contributed by atoms with Gasteiger partial charge in [-0.25, -0.2) is 4.98 Å². The fourth-order valence-electron chi connectivity index (χ4n) is 3.43. The van der Waals surface area contributed by atoms with Crippen LogP contribution in [0.4, 0.5) is 0 Å². The number of allylic oxidation sites excluding steroid dienone is 1. The van der Waals surface area contributed by atoms with Gasteiger partial charge in [-0.1, -0.05) is 6.08 Å². The largest absolute Gasteiger partial charge is 0.495 e. The number of ether oxygens (including phenoxy) is 2. The van der Waals surface area contributed by atoms with E-state index in [0.29, 0.717) is 42.3 Å². The van der Waals surface area contributed by atoms with Gasteiger partial charge in [-0.15, -0.1) is 6.58 Å². The van der Waals surface area contributed by atoms with Crippen LogP contribution in [0.1, 0.15) is 23.9 Å². The quantitative estimate of drug-likeness (QED) is 0.536. The standard InChI is InChI=1S/C23H24N4O3/c1-4-8-27-9-7-16(11-22(27)28)20-13-24-15(2)26-23(20)30-14-17-10-19(17)21-6-5-18(29-3)12-25-21/h4-7,9,11-13,17,19H,1,8,10,14H2,2-3H3/t17?,19-/m0/s1. The normalized spacial score (nSPS) is 17.4. The minimum Gasteiger partial charge on any atom is -0.495 e. The molecule has 0 radical (unpaired) electrons. The number of nitrogens with zero attached hydrogens (tertiary/aromatic N) is 4. The van der Waals surface area contributed by atoms with Gasteiger partial charge in [0.15, 0.2) is 0 Å². The van der Waals surface area contributed by atoms with Gasteiger partial charge in [-0.05, 0) is 37.1 Å². The molecule has 30 heavy (non-hydrogen) atoms. The average molecular weight is 404 g/mol. The molecule has 3 aromatic rings. The van der Waals surface area contributed by atoms with Crippen LogP contribution < -0.4 is 15.0 Å². The predicted octanol–water partition coefficient (Wildman–Crippen LogP) is 3.39. The van der Waals surface area contributed by atoms with Crippen LogP contribution in [-0.4, -0.2) is 33.2 Å². The number of aromatic nitrogens is 4. The highest BCUT2D eigenvalue weighted by Gasteiger charge is 2.40. The molecule has 0 saturated heterocycles. The lowest BCUT2D eigenvalue weighted by Crippen LogP contribution is -2.17. The molecule has 3 heterocycles. The summed E-state index contributed by atoms with van der Waals surface area (Å²) in [6, 6.07) is 7.37. The molecule has 0 aliphatic heterocycles. The number of methoxy groups -OCH3 is 1. The number of hydrogen-bond donors (Lipinski definition) is 0. The Labute approximate surface area is 175 Å². The molecule has 1 fully saturated rings. The SMILES string of the molecule is C=CCn1ccc(-c2cnc(C)nc2OCC2C[C@@H]2c2ccc(OC)cn2)cc1=O. The van der Waals surface area contributed by atoms with Crippen LogP contribution in [0.15, 0.2) is 60.3 Å². The molecule has 0 bridgehead atoms. The zero-order valence-electron chi connectivity index (χ0n) is 17.1. The van der Waals surface area contributed by atoms with Crippen molar-refractivity contribution in [1.29, 1.82) is 0 Å². The molecule has 3 aromatic heterocycles. The van der Waals surface area contributed by atoms with Gasteiger partial charge in [-0.3, -0.25) is 9.78 Å². The van der Waals surface area contributed by atoms with Crippen LogP contribution in [0.3, 0.4) is 0 Å². The van der Waals surface area contributed by atoms with E-state index in [1.807, 2.05) is 25.1 Å². The monoisotopic (exact) mass is 404 g/mol. The van der Waals surface area contributed by atoms with Crippen LogP contribution >= 0.6 is 0 Å². The lowest BCUT2D eigenvalue weighted by Gasteiger charge is -2.11. The van der Waals surface area contributed by atoms with Gasteiger partial charge in [0, 0.05) is 42.5 Å². The molecule has 154 valence electrons. The van der Waals surface area contributed by atoms with Crippen molar-refractivity contribution in [3.8, 4) is 22.8 Å². The third-order valence-corrected chi connectivity index (χ3v) is 5.24. The minimum absolute atomic E-state index is 0.105. The molecule has 1 unspecified atom stereocenters. The highest BCUT2D eigenvalue weighted by molar-refractivity contribution is 5.67. The summed E-state index contributed by atoms with van der Waals surface area (Å²) in [5.41, 5.74) is 2.39. The molecule has 0 spiro atoms. The fourth-order valence-corrected chi connectivity index (χ4v) is 3.43.